The quantitative estimate of drug-likeness (QED) is 0.530. The van der Waals surface area contributed by atoms with Crippen molar-refractivity contribution in [2.75, 3.05) is 0 Å². The summed E-state index contributed by atoms with van der Waals surface area (Å²) in [7, 11) is 0. The van der Waals surface area contributed by atoms with Crippen LogP contribution in [-0.2, 0) is 0 Å². The van der Waals surface area contributed by atoms with Gasteiger partial charge in [0.1, 0.15) is 0 Å². The standard InChI is InChI=1S/C13H21Cl/c1-11(2)7-5-8-12(3)9-6-10-13(4)14/h7,9H,4-6,8,10H2,1-3H3/b12-9+. The van der Waals surface area contributed by atoms with Crippen LogP contribution in [0, 0.1) is 0 Å². The maximum atomic E-state index is 5.67. The van der Waals surface area contributed by atoms with Gasteiger partial charge in [-0.3, -0.25) is 0 Å². The molecular formula is C13H21Cl. The summed E-state index contributed by atoms with van der Waals surface area (Å²) in [6.45, 7) is 10.1. The lowest BCUT2D eigenvalue weighted by Gasteiger charge is -1.99. The molecule has 0 aromatic heterocycles. The summed E-state index contributed by atoms with van der Waals surface area (Å²) >= 11 is 5.67. The van der Waals surface area contributed by atoms with E-state index in [-0.39, 0.29) is 0 Å². The van der Waals surface area contributed by atoms with Gasteiger partial charge >= 0.3 is 0 Å². The molecule has 0 saturated heterocycles. The van der Waals surface area contributed by atoms with Gasteiger partial charge < -0.3 is 0 Å². The molecule has 0 aromatic carbocycles. The molecular weight excluding hydrogens is 192 g/mol. The fourth-order valence-corrected chi connectivity index (χ4v) is 1.27. The highest BCUT2D eigenvalue weighted by Gasteiger charge is 1.90. The number of rotatable bonds is 6. The van der Waals surface area contributed by atoms with Gasteiger partial charge in [-0.1, -0.05) is 41.5 Å². The van der Waals surface area contributed by atoms with E-state index < -0.39 is 0 Å². The van der Waals surface area contributed by atoms with Crippen LogP contribution < -0.4 is 0 Å². The SMILES string of the molecule is C=C(Cl)CC/C=C(\C)CCC=C(C)C. The average molecular weight is 213 g/mol. The largest absolute Gasteiger partial charge is 0.0898 e. The highest BCUT2D eigenvalue weighted by molar-refractivity contribution is 6.29. The molecule has 1 heteroatoms. The molecule has 80 valence electrons. The molecule has 14 heavy (non-hydrogen) atoms. The van der Waals surface area contributed by atoms with Crippen molar-refractivity contribution in [3.05, 3.63) is 34.9 Å². The highest BCUT2D eigenvalue weighted by atomic mass is 35.5. The Hall–Kier alpha value is -0.490. The van der Waals surface area contributed by atoms with Crippen molar-refractivity contribution >= 4 is 11.6 Å². The molecule has 0 nitrogen and oxygen atoms in total. The van der Waals surface area contributed by atoms with E-state index in [1.807, 2.05) is 0 Å². The number of allylic oxidation sites excluding steroid dienone is 5. The molecule has 0 spiro atoms. The van der Waals surface area contributed by atoms with Crippen molar-refractivity contribution in [1.82, 2.24) is 0 Å². The van der Waals surface area contributed by atoms with Gasteiger partial charge in [-0.15, -0.1) is 0 Å². The molecule has 0 rings (SSSR count). The van der Waals surface area contributed by atoms with Crippen LogP contribution in [0.2, 0.25) is 0 Å². The number of halogens is 1. The minimum absolute atomic E-state index is 0.748. The first-order valence-corrected chi connectivity index (χ1v) is 5.52. The lowest BCUT2D eigenvalue weighted by atomic mass is 10.1. The molecule has 0 aliphatic rings. The van der Waals surface area contributed by atoms with E-state index in [9.17, 15) is 0 Å². The van der Waals surface area contributed by atoms with Crippen LogP contribution in [0.15, 0.2) is 34.9 Å². The fourth-order valence-electron chi connectivity index (χ4n) is 1.17. The van der Waals surface area contributed by atoms with Gasteiger partial charge in [-0.05, 0) is 46.5 Å². The van der Waals surface area contributed by atoms with Gasteiger partial charge in [0, 0.05) is 5.03 Å². The Morgan fingerprint density at radius 3 is 2.14 bits per heavy atom. The first-order chi connectivity index (χ1) is 6.52. The lowest BCUT2D eigenvalue weighted by Crippen LogP contribution is -1.78. The third kappa shape index (κ3) is 9.60. The van der Waals surface area contributed by atoms with E-state index in [1.165, 1.54) is 11.1 Å². The zero-order valence-electron chi connectivity index (χ0n) is 9.57. The normalized spacial score (nSPS) is 11.3. The fraction of sp³-hybridized carbons (Fsp3) is 0.538. The average Bonchev–Trinajstić information content (AvgIpc) is 2.02. The van der Waals surface area contributed by atoms with E-state index in [1.54, 1.807) is 0 Å². The topological polar surface area (TPSA) is 0 Å². The second kappa shape index (κ2) is 7.87. The molecule has 0 bridgehead atoms. The Morgan fingerprint density at radius 2 is 1.64 bits per heavy atom. The van der Waals surface area contributed by atoms with E-state index in [4.69, 9.17) is 11.6 Å². The van der Waals surface area contributed by atoms with Crippen LogP contribution in [0.25, 0.3) is 0 Å². The second-order valence-electron chi connectivity index (χ2n) is 3.93. The van der Waals surface area contributed by atoms with Crippen LogP contribution in [-0.4, -0.2) is 0 Å². The Labute approximate surface area is 93.4 Å². The molecule has 0 aliphatic heterocycles. The van der Waals surface area contributed by atoms with Gasteiger partial charge in [0.2, 0.25) is 0 Å². The van der Waals surface area contributed by atoms with Gasteiger partial charge in [0.05, 0.1) is 0 Å². The summed E-state index contributed by atoms with van der Waals surface area (Å²) in [5.41, 5.74) is 2.84. The van der Waals surface area contributed by atoms with E-state index in [0.717, 1.165) is 30.7 Å². The summed E-state index contributed by atoms with van der Waals surface area (Å²) in [5, 5.41) is 0.748. The van der Waals surface area contributed by atoms with Crippen LogP contribution in [0.1, 0.15) is 46.5 Å². The number of hydrogen-bond acceptors (Lipinski definition) is 0. The summed E-state index contributed by atoms with van der Waals surface area (Å²) in [5.74, 6) is 0. The number of hydrogen-bond donors (Lipinski definition) is 0. The summed E-state index contributed by atoms with van der Waals surface area (Å²) in [6.07, 6.45) is 8.74. The maximum Gasteiger partial charge on any atom is 0.0112 e. The van der Waals surface area contributed by atoms with E-state index in [2.05, 4.69) is 39.5 Å². The van der Waals surface area contributed by atoms with Crippen molar-refractivity contribution in [3.63, 3.8) is 0 Å². The molecule has 0 aliphatic carbocycles. The molecule has 0 amide bonds. The summed E-state index contributed by atoms with van der Waals surface area (Å²) in [4.78, 5) is 0. The van der Waals surface area contributed by atoms with Crippen molar-refractivity contribution < 1.29 is 0 Å². The van der Waals surface area contributed by atoms with Gasteiger partial charge in [-0.2, -0.15) is 0 Å². The van der Waals surface area contributed by atoms with Crippen LogP contribution in [0.3, 0.4) is 0 Å². The molecule has 0 heterocycles. The molecule has 0 atom stereocenters. The molecule has 0 saturated carbocycles. The van der Waals surface area contributed by atoms with Crippen molar-refractivity contribution in [3.8, 4) is 0 Å². The van der Waals surface area contributed by atoms with E-state index in [0.29, 0.717) is 0 Å². The minimum Gasteiger partial charge on any atom is -0.0898 e. The Bertz CT molecular complexity index is 230. The smallest absolute Gasteiger partial charge is 0.0112 e. The van der Waals surface area contributed by atoms with Gasteiger partial charge in [-0.25, -0.2) is 0 Å². The van der Waals surface area contributed by atoms with Crippen LogP contribution in [0.4, 0.5) is 0 Å². The zero-order valence-corrected chi connectivity index (χ0v) is 10.3. The lowest BCUT2D eigenvalue weighted by molar-refractivity contribution is 0.934. The van der Waals surface area contributed by atoms with Crippen LogP contribution >= 0.6 is 11.6 Å². The summed E-state index contributed by atoms with van der Waals surface area (Å²) in [6, 6.07) is 0. The summed E-state index contributed by atoms with van der Waals surface area (Å²) < 4.78 is 0. The second-order valence-corrected chi connectivity index (χ2v) is 4.46. The molecule has 0 radical (unpaired) electrons. The third-order valence-electron chi connectivity index (χ3n) is 2.00. The first kappa shape index (κ1) is 13.5. The van der Waals surface area contributed by atoms with Crippen molar-refractivity contribution in [1.29, 1.82) is 0 Å². The van der Waals surface area contributed by atoms with Crippen molar-refractivity contribution in [2.24, 2.45) is 0 Å². The highest BCUT2D eigenvalue weighted by Crippen LogP contribution is 2.12. The molecule has 0 N–H and O–H groups in total. The first-order valence-electron chi connectivity index (χ1n) is 5.14. The van der Waals surface area contributed by atoms with Gasteiger partial charge in [0.25, 0.3) is 0 Å². The Balaban J connectivity index is 3.67. The Morgan fingerprint density at radius 1 is 1.07 bits per heavy atom. The predicted octanol–water partition coefficient (Wildman–Crippen LogP) is 5.21. The van der Waals surface area contributed by atoms with Crippen molar-refractivity contribution in [2.45, 2.75) is 46.5 Å². The van der Waals surface area contributed by atoms with Crippen LogP contribution in [0.5, 0.6) is 0 Å². The predicted molar refractivity (Wildman–Crippen MR) is 66.6 cm³/mol. The molecule has 0 fully saturated rings. The zero-order chi connectivity index (χ0) is 11.0. The Kier molecular flexibility index (Phi) is 7.60. The monoisotopic (exact) mass is 212 g/mol. The minimum atomic E-state index is 0.748. The van der Waals surface area contributed by atoms with Gasteiger partial charge in [0.15, 0.2) is 0 Å². The third-order valence-corrected chi connectivity index (χ3v) is 2.19. The van der Waals surface area contributed by atoms with E-state index >= 15 is 0 Å². The molecule has 0 unspecified atom stereocenters. The molecule has 0 aromatic rings. The maximum absolute atomic E-state index is 5.67.